The van der Waals surface area contributed by atoms with Crippen LogP contribution in [-0.2, 0) is 14.4 Å². The number of carbonyl (C=O) groups excluding carboxylic acids is 2. The van der Waals surface area contributed by atoms with Crippen molar-refractivity contribution in [3.8, 4) is 0 Å². The lowest BCUT2D eigenvalue weighted by Crippen LogP contribution is -2.43. The van der Waals surface area contributed by atoms with E-state index in [0.29, 0.717) is 25.9 Å². The topological polar surface area (TPSA) is 86.7 Å². The molecular weight excluding hydrogens is 272 g/mol. The predicted octanol–water partition coefficient (Wildman–Crippen LogP) is 1.40. The Morgan fingerprint density at radius 1 is 1.10 bits per heavy atom. The molecule has 2 N–H and O–H groups in total. The van der Waals surface area contributed by atoms with Crippen LogP contribution in [0.15, 0.2) is 0 Å². The summed E-state index contributed by atoms with van der Waals surface area (Å²) >= 11 is 0. The molecule has 1 saturated carbocycles. The summed E-state index contributed by atoms with van der Waals surface area (Å²) in [4.78, 5) is 36.9. The zero-order chi connectivity index (χ0) is 15.9. The Hall–Kier alpha value is -1.59. The number of nitrogens with zero attached hydrogens (tertiary/aromatic N) is 1. The third kappa shape index (κ3) is 4.72. The van der Waals surface area contributed by atoms with E-state index in [2.05, 4.69) is 5.32 Å². The zero-order valence-electron chi connectivity index (χ0n) is 13.0. The van der Waals surface area contributed by atoms with Crippen LogP contribution in [0, 0.1) is 5.41 Å². The van der Waals surface area contributed by atoms with Crippen LogP contribution < -0.4 is 5.32 Å². The first-order valence-electron chi connectivity index (χ1n) is 7.73. The average molecular weight is 298 g/mol. The molecule has 1 rings (SSSR count). The molecule has 0 bridgehead atoms. The first-order chi connectivity index (χ1) is 9.95. The highest BCUT2D eigenvalue weighted by Gasteiger charge is 2.41. The molecule has 0 aromatic carbocycles. The summed E-state index contributed by atoms with van der Waals surface area (Å²) in [5.41, 5.74) is -0.944. The number of nitrogens with one attached hydrogen (secondary N) is 1. The maximum Gasteiger partial charge on any atom is 0.310 e. The summed E-state index contributed by atoms with van der Waals surface area (Å²) in [7, 11) is 0. The van der Waals surface area contributed by atoms with Crippen molar-refractivity contribution in [3.63, 3.8) is 0 Å². The fourth-order valence-electron chi connectivity index (χ4n) is 2.93. The van der Waals surface area contributed by atoms with Crippen molar-refractivity contribution in [2.24, 2.45) is 5.41 Å². The van der Waals surface area contributed by atoms with Gasteiger partial charge >= 0.3 is 5.97 Å². The van der Waals surface area contributed by atoms with Crippen molar-refractivity contribution in [2.75, 3.05) is 19.6 Å². The van der Waals surface area contributed by atoms with E-state index in [1.54, 1.807) is 4.90 Å². The van der Waals surface area contributed by atoms with Gasteiger partial charge in [0.2, 0.25) is 11.8 Å². The molecule has 0 aliphatic heterocycles. The summed E-state index contributed by atoms with van der Waals surface area (Å²) in [6.45, 7) is 4.90. The lowest BCUT2D eigenvalue weighted by Gasteiger charge is -2.32. The molecule has 120 valence electrons. The molecule has 1 fully saturated rings. The second kappa shape index (κ2) is 8.00. The molecule has 0 spiro atoms. The number of likely N-dealkylation sites (N-methyl/N-ethyl adjacent to an activating group) is 1. The molecular formula is C15H26N2O4. The Kier molecular flexibility index (Phi) is 6.65. The SMILES string of the molecule is CCN(CC)C(=O)CNC(=O)CC1(C(=O)O)CCCCC1. The minimum Gasteiger partial charge on any atom is -0.481 e. The van der Waals surface area contributed by atoms with Gasteiger partial charge in [-0.25, -0.2) is 0 Å². The minimum atomic E-state index is -0.944. The van der Waals surface area contributed by atoms with E-state index in [1.165, 1.54) is 0 Å². The lowest BCUT2D eigenvalue weighted by molar-refractivity contribution is -0.154. The number of carboxylic acid groups (broad SMARTS) is 1. The summed E-state index contributed by atoms with van der Waals surface area (Å²) < 4.78 is 0. The van der Waals surface area contributed by atoms with Gasteiger partial charge in [0.25, 0.3) is 0 Å². The van der Waals surface area contributed by atoms with Crippen molar-refractivity contribution >= 4 is 17.8 Å². The first-order valence-corrected chi connectivity index (χ1v) is 7.73. The van der Waals surface area contributed by atoms with Crippen molar-refractivity contribution in [2.45, 2.75) is 52.4 Å². The molecule has 6 heteroatoms. The molecule has 1 aliphatic rings. The summed E-state index contributed by atoms with van der Waals surface area (Å²) in [6, 6.07) is 0. The van der Waals surface area contributed by atoms with E-state index in [4.69, 9.17) is 0 Å². The molecule has 1 aliphatic carbocycles. The number of hydrogen-bond donors (Lipinski definition) is 2. The van der Waals surface area contributed by atoms with Crippen LogP contribution in [0.25, 0.3) is 0 Å². The number of carbonyl (C=O) groups is 3. The van der Waals surface area contributed by atoms with Crippen molar-refractivity contribution in [1.82, 2.24) is 10.2 Å². The van der Waals surface area contributed by atoms with Crippen molar-refractivity contribution < 1.29 is 19.5 Å². The number of rotatable bonds is 7. The monoisotopic (exact) mass is 298 g/mol. The summed E-state index contributed by atoms with van der Waals surface area (Å²) in [5, 5.41) is 12.0. The molecule has 0 saturated heterocycles. The van der Waals surface area contributed by atoms with Gasteiger partial charge in [-0.2, -0.15) is 0 Å². The fraction of sp³-hybridized carbons (Fsp3) is 0.800. The molecule has 0 aromatic heterocycles. The highest BCUT2D eigenvalue weighted by molar-refractivity contribution is 5.88. The number of aliphatic carboxylic acids is 1. The smallest absolute Gasteiger partial charge is 0.310 e. The summed E-state index contributed by atoms with van der Waals surface area (Å²) in [6.07, 6.45) is 3.76. The Balaban J connectivity index is 2.51. The van der Waals surface area contributed by atoms with Gasteiger partial charge < -0.3 is 15.3 Å². The van der Waals surface area contributed by atoms with Gasteiger partial charge in [-0.15, -0.1) is 0 Å². The van der Waals surface area contributed by atoms with Crippen LogP contribution in [0.2, 0.25) is 0 Å². The number of carboxylic acids is 1. The van der Waals surface area contributed by atoms with Gasteiger partial charge in [0.1, 0.15) is 0 Å². The number of amides is 2. The fourth-order valence-corrected chi connectivity index (χ4v) is 2.93. The van der Waals surface area contributed by atoms with E-state index in [1.807, 2.05) is 13.8 Å². The quantitative estimate of drug-likeness (QED) is 0.743. The zero-order valence-corrected chi connectivity index (χ0v) is 13.0. The van der Waals surface area contributed by atoms with Gasteiger partial charge in [0.05, 0.1) is 12.0 Å². The molecule has 0 atom stereocenters. The molecule has 0 heterocycles. The standard InChI is InChI=1S/C15H26N2O4/c1-3-17(4-2)13(19)11-16-12(18)10-15(14(20)21)8-6-5-7-9-15/h3-11H2,1-2H3,(H,16,18)(H,20,21). The Bertz CT molecular complexity index is 385. The van der Waals surface area contributed by atoms with E-state index in [0.717, 1.165) is 19.3 Å². The van der Waals surface area contributed by atoms with E-state index in [-0.39, 0.29) is 24.8 Å². The molecule has 21 heavy (non-hydrogen) atoms. The van der Waals surface area contributed by atoms with E-state index >= 15 is 0 Å². The summed E-state index contributed by atoms with van der Waals surface area (Å²) in [5.74, 6) is -1.38. The minimum absolute atomic E-state index is 0.0339. The number of hydrogen-bond acceptors (Lipinski definition) is 3. The van der Waals surface area contributed by atoms with Gasteiger partial charge in [-0.3, -0.25) is 14.4 Å². The highest BCUT2D eigenvalue weighted by Crippen LogP contribution is 2.39. The maximum atomic E-state index is 12.0. The van der Waals surface area contributed by atoms with Gasteiger partial charge in [0, 0.05) is 19.5 Å². The van der Waals surface area contributed by atoms with Crippen molar-refractivity contribution in [1.29, 1.82) is 0 Å². The third-order valence-corrected chi connectivity index (χ3v) is 4.32. The largest absolute Gasteiger partial charge is 0.481 e. The van der Waals surface area contributed by atoms with Crippen LogP contribution >= 0.6 is 0 Å². The Morgan fingerprint density at radius 3 is 2.14 bits per heavy atom. The van der Waals surface area contributed by atoms with Crippen LogP contribution in [0.4, 0.5) is 0 Å². The molecule has 0 radical (unpaired) electrons. The van der Waals surface area contributed by atoms with Gasteiger partial charge in [0.15, 0.2) is 0 Å². The Labute approximate surface area is 125 Å². The van der Waals surface area contributed by atoms with Crippen LogP contribution in [0.1, 0.15) is 52.4 Å². The molecule has 0 unspecified atom stereocenters. The van der Waals surface area contributed by atoms with Crippen LogP contribution in [0.5, 0.6) is 0 Å². The third-order valence-electron chi connectivity index (χ3n) is 4.32. The molecule has 2 amide bonds. The first kappa shape index (κ1) is 17.5. The van der Waals surface area contributed by atoms with Gasteiger partial charge in [-0.1, -0.05) is 19.3 Å². The lowest BCUT2D eigenvalue weighted by atomic mass is 9.71. The molecule has 6 nitrogen and oxygen atoms in total. The van der Waals surface area contributed by atoms with Crippen molar-refractivity contribution in [3.05, 3.63) is 0 Å². The molecule has 0 aromatic rings. The highest BCUT2D eigenvalue weighted by atomic mass is 16.4. The van der Waals surface area contributed by atoms with E-state index in [9.17, 15) is 19.5 Å². The van der Waals surface area contributed by atoms with Crippen LogP contribution in [0.3, 0.4) is 0 Å². The van der Waals surface area contributed by atoms with Crippen LogP contribution in [-0.4, -0.2) is 47.4 Å². The normalized spacial score (nSPS) is 17.0. The van der Waals surface area contributed by atoms with E-state index < -0.39 is 11.4 Å². The predicted molar refractivity (Wildman–Crippen MR) is 78.7 cm³/mol. The second-order valence-corrected chi connectivity index (χ2v) is 5.67. The second-order valence-electron chi connectivity index (χ2n) is 5.67. The Morgan fingerprint density at radius 2 is 1.67 bits per heavy atom. The maximum absolute atomic E-state index is 12.0. The average Bonchev–Trinajstić information content (AvgIpc) is 2.47. The van der Waals surface area contributed by atoms with Gasteiger partial charge in [-0.05, 0) is 26.7 Å².